The van der Waals surface area contributed by atoms with E-state index >= 15 is 0 Å². The van der Waals surface area contributed by atoms with Crippen molar-refractivity contribution < 1.29 is 4.39 Å². The van der Waals surface area contributed by atoms with Gasteiger partial charge in [0.2, 0.25) is 0 Å². The number of hydrogen-bond acceptors (Lipinski definition) is 1. The summed E-state index contributed by atoms with van der Waals surface area (Å²) in [5, 5.41) is 0. The predicted molar refractivity (Wildman–Crippen MR) is 40.8 cm³/mol. The van der Waals surface area contributed by atoms with Crippen molar-refractivity contribution in [2.75, 3.05) is 20.1 Å². The van der Waals surface area contributed by atoms with Crippen LogP contribution >= 0.6 is 0 Å². The fourth-order valence-corrected chi connectivity index (χ4v) is 1.86. The number of alkyl halides is 1. The molecule has 1 atom stereocenters. The monoisotopic (exact) mass is 145 g/mol. The molecule has 1 saturated heterocycles. The van der Waals surface area contributed by atoms with Crippen molar-refractivity contribution in [3.05, 3.63) is 0 Å². The minimum Gasteiger partial charge on any atom is -0.303 e. The van der Waals surface area contributed by atoms with E-state index in [0.29, 0.717) is 6.54 Å². The first kappa shape index (κ1) is 7.99. The van der Waals surface area contributed by atoms with Crippen molar-refractivity contribution in [3.8, 4) is 0 Å². The first-order valence-electron chi connectivity index (χ1n) is 3.82. The lowest BCUT2D eigenvalue weighted by Gasteiger charge is -2.37. The van der Waals surface area contributed by atoms with Gasteiger partial charge in [-0.15, -0.1) is 0 Å². The van der Waals surface area contributed by atoms with E-state index in [4.69, 9.17) is 0 Å². The van der Waals surface area contributed by atoms with E-state index in [1.165, 1.54) is 0 Å². The molecule has 0 aromatic rings. The van der Waals surface area contributed by atoms with Gasteiger partial charge in [-0.2, -0.15) is 0 Å². The molecule has 0 bridgehead atoms. The van der Waals surface area contributed by atoms with Crippen LogP contribution in [0.15, 0.2) is 0 Å². The van der Waals surface area contributed by atoms with Gasteiger partial charge in [0.1, 0.15) is 6.17 Å². The first-order valence-corrected chi connectivity index (χ1v) is 3.82. The number of piperidine rings is 1. The van der Waals surface area contributed by atoms with Crippen LogP contribution in [0.2, 0.25) is 0 Å². The normalized spacial score (nSPS) is 34.2. The summed E-state index contributed by atoms with van der Waals surface area (Å²) in [4.78, 5) is 2.06. The SMILES string of the molecule is CN1C[C@@H](F)CC(C)(C)C1. The second kappa shape index (κ2) is 2.50. The second-order valence-electron chi connectivity index (χ2n) is 4.16. The summed E-state index contributed by atoms with van der Waals surface area (Å²) in [5.74, 6) is 0. The molecule has 60 valence electrons. The van der Waals surface area contributed by atoms with Gasteiger partial charge in [0.15, 0.2) is 0 Å². The molecular formula is C8H16FN. The third-order valence-corrected chi connectivity index (χ3v) is 1.98. The first-order chi connectivity index (χ1) is 4.49. The largest absolute Gasteiger partial charge is 0.303 e. The summed E-state index contributed by atoms with van der Waals surface area (Å²) < 4.78 is 12.9. The molecule has 0 amide bonds. The minimum absolute atomic E-state index is 0.173. The molecule has 0 N–H and O–H groups in total. The molecular weight excluding hydrogens is 129 g/mol. The average Bonchev–Trinajstić information content (AvgIpc) is 1.54. The Hall–Kier alpha value is -0.110. The molecule has 1 fully saturated rings. The molecule has 1 heterocycles. The van der Waals surface area contributed by atoms with E-state index in [1.807, 2.05) is 7.05 Å². The third kappa shape index (κ3) is 1.94. The van der Waals surface area contributed by atoms with Gasteiger partial charge < -0.3 is 4.90 Å². The van der Waals surface area contributed by atoms with Crippen molar-refractivity contribution >= 4 is 0 Å². The molecule has 1 nitrogen and oxygen atoms in total. The Bertz CT molecular complexity index is 110. The summed E-state index contributed by atoms with van der Waals surface area (Å²) in [7, 11) is 1.98. The highest BCUT2D eigenvalue weighted by Gasteiger charge is 2.30. The Kier molecular flexibility index (Phi) is 1.99. The molecule has 0 radical (unpaired) electrons. The van der Waals surface area contributed by atoms with E-state index in [1.54, 1.807) is 0 Å². The topological polar surface area (TPSA) is 3.24 Å². The molecule has 1 rings (SSSR count). The van der Waals surface area contributed by atoms with Crippen molar-refractivity contribution in [2.24, 2.45) is 5.41 Å². The third-order valence-electron chi connectivity index (χ3n) is 1.98. The van der Waals surface area contributed by atoms with Gasteiger partial charge >= 0.3 is 0 Å². The lowest BCUT2D eigenvalue weighted by atomic mass is 9.83. The van der Waals surface area contributed by atoms with Gasteiger partial charge in [-0.1, -0.05) is 13.8 Å². The van der Waals surface area contributed by atoms with Crippen LogP contribution in [0, 0.1) is 5.41 Å². The number of likely N-dealkylation sites (tertiary alicyclic amines) is 1. The number of nitrogens with zero attached hydrogens (tertiary/aromatic N) is 1. The van der Waals surface area contributed by atoms with Gasteiger partial charge in [0.25, 0.3) is 0 Å². The Morgan fingerprint density at radius 2 is 2.10 bits per heavy atom. The molecule has 1 aliphatic rings. The van der Waals surface area contributed by atoms with Crippen LogP contribution in [-0.2, 0) is 0 Å². The van der Waals surface area contributed by atoms with Gasteiger partial charge in [0.05, 0.1) is 0 Å². The van der Waals surface area contributed by atoms with Crippen LogP contribution in [0.1, 0.15) is 20.3 Å². The van der Waals surface area contributed by atoms with E-state index < -0.39 is 6.17 Å². The smallest absolute Gasteiger partial charge is 0.113 e. The van der Waals surface area contributed by atoms with Crippen LogP contribution in [-0.4, -0.2) is 31.2 Å². The van der Waals surface area contributed by atoms with Gasteiger partial charge in [-0.25, -0.2) is 4.39 Å². The quantitative estimate of drug-likeness (QED) is 0.501. The molecule has 0 aromatic carbocycles. The molecule has 0 unspecified atom stereocenters. The summed E-state index contributed by atoms with van der Waals surface area (Å²) >= 11 is 0. The zero-order valence-electron chi connectivity index (χ0n) is 7.02. The number of halogens is 1. The Balaban J connectivity index is 2.51. The molecule has 1 aliphatic heterocycles. The van der Waals surface area contributed by atoms with Gasteiger partial charge in [-0.3, -0.25) is 0 Å². The van der Waals surface area contributed by atoms with Crippen molar-refractivity contribution in [1.29, 1.82) is 0 Å². The Morgan fingerprint density at radius 3 is 2.50 bits per heavy atom. The number of rotatable bonds is 0. The minimum atomic E-state index is -0.617. The Morgan fingerprint density at radius 1 is 1.50 bits per heavy atom. The van der Waals surface area contributed by atoms with Gasteiger partial charge in [0, 0.05) is 13.1 Å². The highest BCUT2D eigenvalue weighted by Crippen LogP contribution is 2.29. The fourth-order valence-electron chi connectivity index (χ4n) is 1.86. The van der Waals surface area contributed by atoms with Crippen LogP contribution in [0.4, 0.5) is 4.39 Å². The zero-order chi connectivity index (χ0) is 7.78. The van der Waals surface area contributed by atoms with E-state index in [9.17, 15) is 4.39 Å². The Labute approximate surface area is 62.2 Å². The van der Waals surface area contributed by atoms with Crippen molar-refractivity contribution in [3.63, 3.8) is 0 Å². The highest BCUT2D eigenvalue weighted by atomic mass is 19.1. The molecule has 2 heteroatoms. The molecule has 10 heavy (non-hydrogen) atoms. The standard InChI is InChI=1S/C8H16FN/c1-8(2)4-7(9)5-10(3)6-8/h7H,4-6H2,1-3H3/t7-/m0/s1. The summed E-state index contributed by atoms with van der Waals surface area (Å²) in [6.45, 7) is 5.88. The van der Waals surface area contributed by atoms with E-state index in [2.05, 4.69) is 18.7 Å². The maximum Gasteiger partial charge on any atom is 0.113 e. The van der Waals surface area contributed by atoms with Crippen LogP contribution in [0.5, 0.6) is 0 Å². The summed E-state index contributed by atoms with van der Waals surface area (Å²) in [6.07, 6.45) is 0.103. The molecule has 0 aromatic heterocycles. The fraction of sp³-hybridized carbons (Fsp3) is 1.00. The van der Waals surface area contributed by atoms with Crippen LogP contribution < -0.4 is 0 Å². The van der Waals surface area contributed by atoms with Crippen LogP contribution in [0.25, 0.3) is 0 Å². The lowest BCUT2D eigenvalue weighted by Crippen LogP contribution is -2.43. The summed E-state index contributed by atoms with van der Waals surface area (Å²) in [6, 6.07) is 0. The molecule has 0 aliphatic carbocycles. The van der Waals surface area contributed by atoms with E-state index in [0.717, 1.165) is 13.0 Å². The number of hydrogen-bond donors (Lipinski definition) is 0. The summed E-state index contributed by atoms with van der Waals surface area (Å²) in [5.41, 5.74) is 0.173. The second-order valence-corrected chi connectivity index (χ2v) is 4.16. The highest BCUT2D eigenvalue weighted by molar-refractivity contribution is 4.83. The lowest BCUT2D eigenvalue weighted by molar-refractivity contribution is 0.0693. The zero-order valence-corrected chi connectivity index (χ0v) is 7.02. The molecule has 0 spiro atoms. The predicted octanol–water partition coefficient (Wildman–Crippen LogP) is 1.69. The van der Waals surface area contributed by atoms with Gasteiger partial charge in [-0.05, 0) is 18.9 Å². The van der Waals surface area contributed by atoms with Crippen molar-refractivity contribution in [1.82, 2.24) is 4.90 Å². The maximum atomic E-state index is 12.9. The average molecular weight is 145 g/mol. The van der Waals surface area contributed by atoms with E-state index in [-0.39, 0.29) is 5.41 Å². The maximum absolute atomic E-state index is 12.9. The van der Waals surface area contributed by atoms with Crippen LogP contribution in [0.3, 0.4) is 0 Å². The van der Waals surface area contributed by atoms with Crippen molar-refractivity contribution in [2.45, 2.75) is 26.4 Å². The molecule has 0 saturated carbocycles.